The second-order valence-electron chi connectivity index (χ2n) is 7.08. The van der Waals surface area contributed by atoms with Gasteiger partial charge in [-0.05, 0) is 53.6 Å². The van der Waals surface area contributed by atoms with Gasteiger partial charge in [0.1, 0.15) is 18.1 Å². The fourth-order valence-corrected chi connectivity index (χ4v) is 3.30. The summed E-state index contributed by atoms with van der Waals surface area (Å²) in [6.07, 6.45) is 4.07. The van der Waals surface area contributed by atoms with Gasteiger partial charge in [-0.3, -0.25) is 4.79 Å². The molecule has 0 N–H and O–H groups in total. The lowest BCUT2D eigenvalue weighted by Gasteiger charge is -2.14. The smallest absolute Gasteiger partial charge is 0.289 e. The Morgan fingerprint density at radius 2 is 1.90 bits per heavy atom. The number of ether oxygens (including phenoxy) is 1. The third-order valence-corrected chi connectivity index (χ3v) is 4.92. The van der Waals surface area contributed by atoms with E-state index in [-0.39, 0.29) is 12.5 Å². The number of carbonyl (C=O) groups is 1. The van der Waals surface area contributed by atoms with Gasteiger partial charge in [0, 0.05) is 32.5 Å². The summed E-state index contributed by atoms with van der Waals surface area (Å²) < 4.78 is 13.6. The monoisotopic (exact) mass is 388 g/mol. The minimum absolute atomic E-state index is 0.147. The van der Waals surface area contributed by atoms with Crippen molar-refractivity contribution in [1.82, 2.24) is 9.47 Å². The summed E-state index contributed by atoms with van der Waals surface area (Å²) in [6.45, 7) is 3.81. The van der Waals surface area contributed by atoms with Gasteiger partial charge in [0.05, 0.1) is 0 Å². The summed E-state index contributed by atoms with van der Waals surface area (Å²) in [7, 11) is 1.78. The van der Waals surface area contributed by atoms with Crippen LogP contribution >= 0.6 is 0 Å². The number of furan rings is 1. The number of fused-ring (bicyclic) bond motifs is 1. The van der Waals surface area contributed by atoms with Gasteiger partial charge in [0.15, 0.2) is 5.76 Å². The molecule has 5 heteroatoms. The van der Waals surface area contributed by atoms with Crippen molar-refractivity contribution in [2.75, 3.05) is 7.05 Å². The molecule has 0 atom stereocenters. The number of aromatic nitrogens is 1. The molecule has 29 heavy (non-hydrogen) atoms. The zero-order chi connectivity index (χ0) is 20.2. The van der Waals surface area contributed by atoms with Gasteiger partial charge < -0.3 is 18.6 Å². The molecule has 0 aliphatic heterocycles. The first kappa shape index (κ1) is 18.9. The van der Waals surface area contributed by atoms with Crippen molar-refractivity contribution in [3.05, 3.63) is 90.1 Å². The fraction of sp³-hybridized carbons (Fsp3) is 0.208. The predicted octanol–water partition coefficient (Wildman–Crippen LogP) is 5.11. The van der Waals surface area contributed by atoms with Gasteiger partial charge in [-0.1, -0.05) is 30.3 Å². The van der Waals surface area contributed by atoms with Crippen molar-refractivity contribution >= 4 is 16.7 Å². The van der Waals surface area contributed by atoms with E-state index in [1.54, 1.807) is 24.1 Å². The van der Waals surface area contributed by atoms with Crippen molar-refractivity contribution in [2.24, 2.45) is 0 Å². The maximum absolute atomic E-state index is 12.6. The molecule has 0 saturated heterocycles. The molecule has 0 spiro atoms. The Kier molecular flexibility index (Phi) is 5.38. The van der Waals surface area contributed by atoms with Crippen LogP contribution in [0.25, 0.3) is 10.8 Å². The van der Waals surface area contributed by atoms with Gasteiger partial charge in [0.25, 0.3) is 5.91 Å². The summed E-state index contributed by atoms with van der Waals surface area (Å²) in [5.41, 5.74) is 1.09. The first-order chi connectivity index (χ1) is 14.1. The first-order valence-electron chi connectivity index (χ1n) is 9.73. The highest BCUT2D eigenvalue weighted by Crippen LogP contribution is 2.22. The van der Waals surface area contributed by atoms with Crippen LogP contribution in [0.5, 0.6) is 5.75 Å². The molecule has 0 radical (unpaired) electrons. The highest BCUT2D eigenvalue weighted by atomic mass is 16.5. The number of benzene rings is 2. The molecule has 0 fully saturated rings. The Morgan fingerprint density at radius 3 is 2.69 bits per heavy atom. The number of rotatable bonds is 7. The van der Waals surface area contributed by atoms with Gasteiger partial charge in [0.2, 0.25) is 0 Å². The average Bonchev–Trinajstić information content (AvgIpc) is 3.41. The minimum Gasteiger partial charge on any atom is -0.486 e. The molecule has 0 saturated carbocycles. The third-order valence-electron chi connectivity index (χ3n) is 4.92. The topological polar surface area (TPSA) is 47.6 Å². The van der Waals surface area contributed by atoms with Crippen molar-refractivity contribution in [3.8, 4) is 5.75 Å². The number of hydrogen-bond acceptors (Lipinski definition) is 3. The number of hydrogen-bond donors (Lipinski definition) is 0. The number of amides is 1. The minimum atomic E-state index is -0.147. The van der Waals surface area contributed by atoms with Crippen molar-refractivity contribution in [2.45, 2.75) is 26.6 Å². The second kappa shape index (κ2) is 8.27. The van der Waals surface area contributed by atoms with Crippen molar-refractivity contribution in [3.63, 3.8) is 0 Å². The summed E-state index contributed by atoms with van der Waals surface area (Å²) in [4.78, 5) is 14.3. The Hall–Kier alpha value is -3.47. The average molecular weight is 388 g/mol. The van der Waals surface area contributed by atoms with Crippen LogP contribution in [0.3, 0.4) is 0 Å². The molecule has 5 nitrogen and oxygen atoms in total. The molecule has 2 aromatic heterocycles. The van der Waals surface area contributed by atoms with Crippen LogP contribution in [0.1, 0.15) is 28.8 Å². The molecular weight excluding hydrogens is 364 g/mol. The van der Waals surface area contributed by atoms with E-state index >= 15 is 0 Å². The Bertz CT molecular complexity index is 1130. The predicted molar refractivity (Wildman–Crippen MR) is 113 cm³/mol. The van der Waals surface area contributed by atoms with Crippen LogP contribution in [-0.4, -0.2) is 22.4 Å². The Morgan fingerprint density at radius 1 is 1.07 bits per heavy atom. The third kappa shape index (κ3) is 4.35. The molecule has 0 unspecified atom stereocenters. The fourth-order valence-electron chi connectivity index (χ4n) is 3.30. The van der Waals surface area contributed by atoms with E-state index in [9.17, 15) is 4.79 Å². The summed E-state index contributed by atoms with van der Waals surface area (Å²) >= 11 is 0. The Labute approximate surface area is 170 Å². The lowest BCUT2D eigenvalue weighted by atomic mass is 10.1. The van der Waals surface area contributed by atoms with E-state index in [2.05, 4.69) is 29.8 Å². The molecule has 0 bridgehead atoms. The molecule has 1 amide bonds. The van der Waals surface area contributed by atoms with E-state index in [1.807, 2.05) is 42.6 Å². The summed E-state index contributed by atoms with van der Waals surface area (Å²) in [5, 5.41) is 2.29. The van der Waals surface area contributed by atoms with Crippen molar-refractivity contribution in [1.29, 1.82) is 0 Å². The van der Waals surface area contributed by atoms with Gasteiger partial charge >= 0.3 is 0 Å². The standard InChI is InChI=1S/C24H24N2O3/c1-3-26-13-12-18(16-26)15-25(2)24(27)23-11-10-22(29-23)17-28-21-9-8-19-6-4-5-7-20(19)14-21/h4-14,16H,3,15,17H2,1-2H3. The molecular formula is C24H24N2O3. The molecule has 4 rings (SSSR count). The quantitative estimate of drug-likeness (QED) is 0.442. The number of carbonyl (C=O) groups excluding carboxylic acids is 1. The van der Waals surface area contributed by atoms with Gasteiger partial charge in [-0.2, -0.15) is 0 Å². The molecule has 2 heterocycles. The van der Waals surface area contributed by atoms with Crippen LogP contribution in [0.4, 0.5) is 0 Å². The number of aryl methyl sites for hydroxylation is 1. The highest BCUT2D eigenvalue weighted by molar-refractivity contribution is 5.91. The van der Waals surface area contributed by atoms with Crippen LogP contribution in [-0.2, 0) is 19.7 Å². The van der Waals surface area contributed by atoms with Crippen LogP contribution in [0.2, 0.25) is 0 Å². The van der Waals surface area contributed by atoms with Gasteiger partial charge in [-0.15, -0.1) is 0 Å². The summed E-state index contributed by atoms with van der Waals surface area (Å²) in [6, 6.07) is 19.6. The zero-order valence-electron chi connectivity index (χ0n) is 16.7. The lowest BCUT2D eigenvalue weighted by molar-refractivity contribution is 0.0749. The molecule has 2 aromatic carbocycles. The maximum Gasteiger partial charge on any atom is 0.289 e. The normalized spacial score (nSPS) is 11.0. The van der Waals surface area contributed by atoms with E-state index < -0.39 is 0 Å². The molecule has 0 aliphatic rings. The Balaban J connectivity index is 1.37. The van der Waals surface area contributed by atoms with Crippen LogP contribution in [0, 0.1) is 0 Å². The lowest BCUT2D eigenvalue weighted by Crippen LogP contribution is -2.25. The maximum atomic E-state index is 12.6. The highest BCUT2D eigenvalue weighted by Gasteiger charge is 2.17. The SMILES string of the molecule is CCn1ccc(CN(C)C(=O)c2ccc(COc3ccc4ccccc4c3)o2)c1. The van der Waals surface area contributed by atoms with Crippen LogP contribution < -0.4 is 4.74 Å². The molecule has 4 aromatic rings. The van der Waals surface area contributed by atoms with E-state index in [4.69, 9.17) is 9.15 Å². The van der Waals surface area contributed by atoms with E-state index in [0.29, 0.717) is 18.1 Å². The molecule has 0 aliphatic carbocycles. The zero-order valence-corrected chi connectivity index (χ0v) is 16.7. The second-order valence-corrected chi connectivity index (χ2v) is 7.08. The number of nitrogens with zero attached hydrogens (tertiary/aromatic N) is 2. The molecule has 148 valence electrons. The van der Waals surface area contributed by atoms with Crippen molar-refractivity contribution < 1.29 is 13.9 Å². The van der Waals surface area contributed by atoms with Crippen LogP contribution in [0.15, 0.2) is 77.5 Å². The summed E-state index contributed by atoms with van der Waals surface area (Å²) in [5.74, 6) is 1.56. The first-order valence-corrected chi connectivity index (χ1v) is 9.73. The van der Waals surface area contributed by atoms with E-state index in [0.717, 1.165) is 23.2 Å². The largest absolute Gasteiger partial charge is 0.486 e. The van der Waals surface area contributed by atoms with E-state index in [1.165, 1.54) is 5.39 Å². The van der Waals surface area contributed by atoms with Gasteiger partial charge in [-0.25, -0.2) is 0 Å².